The zero-order valence-electron chi connectivity index (χ0n) is 13.5. The number of aryl methyl sites for hydroxylation is 2. The van der Waals surface area contributed by atoms with Crippen molar-refractivity contribution in [2.45, 2.75) is 20.3 Å². The highest BCUT2D eigenvalue weighted by Crippen LogP contribution is 2.25. The zero-order chi connectivity index (χ0) is 17.1. The van der Waals surface area contributed by atoms with Gasteiger partial charge in [-0.25, -0.2) is 4.98 Å². The number of rotatable bonds is 4. The van der Waals surface area contributed by atoms with Crippen molar-refractivity contribution >= 4 is 34.5 Å². The Morgan fingerprint density at radius 2 is 1.96 bits per heavy atom. The highest BCUT2D eigenvalue weighted by atomic mass is 35.5. The molecule has 2 aromatic carbocycles. The first-order valence-corrected chi connectivity index (χ1v) is 8.84. The second-order valence-electron chi connectivity index (χ2n) is 5.72. The third-order valence-corrected chi connectivity index (χ3v) is 4.81. The van der Waals surface area contributed by atoms with Gasteiger partial charge in [-0.05, 0) is 37.6 Å². The molecule has 122 valence electrons. The van der Waals surface area contributed by atoms with Gasteiger partial charge in [0.2, 0.25) is 5.91 Å². The molecule has 0 atom stereocenters. The van der Waals surface area contributed by atoms with E-state index in [1.54, 1.807) is 11.3 Å². The Morgan fingerprint density at radius 3 is 2.71 bits per heavy atom. The normalized spacial score (nSPS) is 10.6. The SMILES string of the molecule is Cc1cccc(-c2nc(CC(=O)Nc3ccc(C)cc3Cl)cs2)c1. The number of thiazole rings is 1. The van der Waals surface area contributed by atoms with Crippen LogP contribution in [-0.4, -0.2) is 10.9 Å². The number of anilines is 1. The molecule has 0 aliphatic carbocycles. The number of halogens is 1. The number of carbonyl (C=O) groups is 1. The molecule has 0 saturated heterocycles. The van der Waals surface area contributed by atoms with Crippen molar-refractivity contribution < 1.29 is 4.79 Å². The molecule has 0 radical (unpaired) electrons. The van der Waals surface area contributed by atoms with Crippen LogP contribution in [0.3, 0.4) is 0 Å². The highest BCUT2D eigenvalue weighted by molar-refractivity contribution is 7.13. The van der Waals surface area contributed by atoms with E-state index < -0.39 is 0 Å². The number of hydrogen-bond acceptors (Lipinski definition) is 3. The maximum absolute atomic E-state index is 12.2. The fourth-order valence-electron chi connectivity index (χ4n) is 2.38. The molecule has 1 heterocycles. The van der Waals surface area contributed by atoms with Gasteiger partial charge in [0, 0.05) is 10.9 Å². The third-order valence-electron chi connectivity index (χ3n) is 3.56. The van der Waals surface area contributed by atoms with Gasteiger partial charge < -0.3 is 5.32 Å². The molecule has 1 amide bonds. The lowest BCUT2D eigenvalue weighted by molar-refractivity contribution is -0.115. The molecule has 0 fully saturated rings. The molecule has 0 bridgehead atoms. The summed E-state index contributed by atoms with van der Waals surface area (Å²) in [5, 5.41) is 6.23. The van der Waals surface area contributed by atoms with E-state index in [-0.39, 0.29) is 12.3 Å². The predicted octanol–water partition coefficient (Wildman–Crippen LogP) is 5.26. The molecule has 3 rings (SSSR count). The molecule has 0 aliphatic rings. The first-order chi connectivity index (χ1) is 11.5. The van der Waals surface area contributed by atoms with E-state index >= 15 is 0 Å². The van der Waals surface area contributed by atoms with Gasteiger partial charge >= 0.3 is 0 Å². The molecule has 1 aromatic heterocycles. The Morgan fingerprint density at radius 1 is 1.17 bits per heavy atom. The molecular formula is C19H17ClN2OS. The Balaban J connectivity index is 1.69. The first-order valence-electron chi connectivity index (χ1n) is 7.59. The van der Waals surface area contributed by atoms with Crippen LogP contribution in [0.1, 0.15) is 16.8 Å². The quantitative estimate of drug-likeness (QED) is 0.692. The van der Waals surface area contributed by atoms with Crippen LogP contribution in [-0.2, 0) is 11.2 Å². The minimum atomic E-state index is -0.123. The number of amides is 1. The maximum Gasteiger partial charge on any atom is 0.230 e. The van der Waals surface area contributed by atoms with Crippen molar-refractivity contribution in [1.82, 2.24) is 4.98 Å². The van der Waals surface area contributed by atoms with Crippen LogP contribution in [0, 0.1) is 13.8 Å². The van der Waals surface area contributed by atoms with Crippen LogP contribution in [0.15, 0.2) is 47.8 Å². The molecule has 24 heavy (non-hydrogen) atoms. The number of nitrogens with zero attached hydrogens (tertiary/aromatic N) is 1. The molecular weight excluding hydrogens is 340 g/mol. The lowest BCUT2D eigenvalue weighted by Gasteiger charge is -2.07. The molecule has 3 aromatic rings. The second kappa shape index (κ2) is 7.16. The Hall–Kier alpha value is -2.17. The lowest BCUT2D eigenvalue weighted by Crippen LogP contribution is -2.14. The number of nitrogens with one attached hydrogen (secondary N) is 1. The van der Waals surface area contributed by atoms with Crippen molar-refractivity contribution in [3.8, 4) is 10.6 Å². The minimum Gasteiger partial charge on any atom is -0.324 e. The number of carbonyl (C=O) groups excluding carboxylic acids is 1. The third kappa shape index (κ3) is 4.02. The van der Waals surface area contributed by atoms with Gasteiger partial charge in [-0.15, -0.1) is 11.3 Å². The summed E-state index contributed by atoms with van der Waals surface area (Å²) in [7, 11) is 0. The summed E-state index contributed by atoms with van der Waals surface area (Å²) in [4.78, 5) is 16.8. The van der Waals surface area contributed by atoms with E-state index in [0.29, 0.717) is 10.7 Å². The van der Waals surface area contributed by atoms with Crippen LogP contribution in [0.25, 0.3) is 10.6 Å². The van der Waals surface area contributed by atoms with Crippen LogP contribution < -0.4 is 5.32 Å². The Kier molecular flexibility index (Phi) is 4.97. The van der Waals surface area contributed by atoms with E-state index in [4.69, 9.17) is 11.6 Å². The van der Waals surface area contributed by atoms with Gasteiger partial charge in [-0.2, -0.15) is 0 Å². The Bertz CT molecular complexity index is 889. The molecule has 0 aliphatic heterocycles. The van der Waals surface area contributed by atoms with Gasteiger partial charge in [0.1, 0.15) is 5.01 Å². The predicted molar refractivity (Wildman–Crippen MR) is 101 cm³/mol. The van der Waals surface area contributed by atoms with Gasteiger partial charge in [-0.1, -0.05) is 41.4 Å². The van der Waals surface area contributed by atoms with Crippen molar-refractivity contribution in [2.24, 2.45) is 0 Å². The van der Waals surface area contributed by atoms with Crippen LogP contribution >= 0.6 is 22.9 Å². The number of hydrogen-bond donors (Lipinski definition) is 1. The minimum absolute atomic E-state index is 0.123. The van der Waals surface area contributed by atoms with E-state index in [2.05, 4.69) is 29.4 Å². The van der Waals surface area contributed by atoms with E-state index in [0.717, 1.165) is 21.8 Å². The molecule has 0 spiro atoms. The molecule has 3 nitrogen and oxygen atoms in total. The smallest absolute Gasteiger partial charge is 0.230 e. The maximum atomic E-state index is 12.2. The fraction of sp³-hybridized carbons (Fsp3) is 0.158. The van der Waals surface area contributed by atoms with Crippen LogP contribution in [0.2, 0.25) is 5.02 Å². The monoisotopic (exact) mass is 356 g/mol. The van der Waals surface area contributed by atoms with E-state index in [1.807, 2.05) is 42.6 Å². The standard InChI is InChI=1S/C19H17ClN2OS/c1-12-4-3-5-14(8-12)19-21-15(11-24-19)10-18(23)22-17-7-6-13(2)9-16(17)20/h3-9,11H,10H2,1-2H3,(H,22,23). The summed E-state index contributed by atoms with van der Waals surface area (Å²) in [6.07, 6.45) is 0.229. The second-order valence-corrected chi connectivity index (χ2v) is 6.99. The Labute approximate surface area is 150 Å². The molecule has 0 unspecified atom stereocenters. The lowest BCUT2D eigenvalue weighted by atomic mass is 10.1. The van der Waals surface area contributed by atoms with Crippen molar-refractivity contribution in [3.63, 3.8) is 0 Å². The molecule has 1 N–H and O–H groups in total. The van der Waals surface area contributed by atoms with Crippen molar-refractivity contribution in [1.29, 1.82) is 0 Å². The average Bonchev–Trinajstić information content (AvgIpc) is 2.98. The topological polar surface area (TPSA) is 42.0 Å². The van der Waals surface area contributed by atoms with Crippen LogP contribution in [0.5, 0.6) is 0 Å². The number of benzene rings is 2. The summed E-state index contributed by atoms with van der Waals surface area (Å²) in [5.74, 6) is -0.123. The van der Waals surface area contributed by atoms with E-state index in [9.17, 15) is 4.79 Å². The summed E-state index contributed by atoms with van der Waals surface area (Å²) in [6, 6.07) is 13.7. The average molecular weight is 357 g/mol. The van der Waals surface area contributed by atoms with Gasteiger partial charge in [0.15, 0.2) is 0 Å². The highest BCUT2D eigenvalue weighted by Gasteiger charge is 2.11. The van der Waals surface area contributed by atoms with Gasteiger partial charge in [0.25, 0.3) is 0 Å². The summed E-state index contributed by atoms with van der Waals surface area (Å²) < 4.78 is 0. The number of aromatic nitrogens is 1. The van der Waals surface area contributed by atoms with Gasteiger partial charge in [-0.3, -0.25) is 4.79 Å². The summed E-state index contributed by atoms with van der Waals surface area (Å²) in [6.45, 7) is 4.01. The fourth-order valence-corrected chi connectivity index (χ4v) is 3.48. The van der Waals surface area contributed by atoms with E-state index in [1.165, 1.54) is 5.56 Å². The summed E-state index contributed by atoms with van der Waals surface area (Å²) in [5.41, 5.74) is 4.71. The largest absolute Gasteiger partial charge is 0.324 e. The van der Waals surface area contributed by atoms with Crippen molar-refractivity contribution in [3.05, 3.63) is 69.7 Å². The van der Waals surface area contributed by atoms with Crippen molar-refractivity contribution in [2.75, 3.05) is 5.32 Å². The van der Waals surface area contributed by atoms with Crippen LogP contribution in [0.4, 0.5) is 5.69 Å². The van der Waals surface area contributed by atoms with Gasteiger partial charge in [0.05, 0.1) is 22.8 Å². The molecule has 5 heteroatoms. The molecule has 0 saturated carbocycles. The first kappa shape index (κ1) is 16.7. The summed E-state index contributed by atoms with van der Waals surface area (Å²) >= 11 is 7.69. The zero-order valence-corrected chi connectivity index (χ0v) is 15.0.